The van der Waals surface area contributed by atoms with Gasteiger partial charge >= 0.3 is 0 Å². The van der Waals surface area contributed by atoms with Crippen molar-refractivity contribution in [1.82, 2.24) is 10.2 Å². The molecule has 2 atom stereocenters. The summed E-state index contributed by atoms with van der Waals surface area (Å²) in [7, 11) is 1.27. The van der Waals surface area contributed by atoms with E-state index in [2.05, 4.69) is 5.32 Å². The first-order valence-electron chi connectivity index (χ1n) is 14.6. The van der Waals surface area contributed by atoms with E-state index in [0.29, 0.717) is 24.3 Å². The monoisotopic (exact) mass is 641 g/mol. The Morgan fingerprint density at radius 2 is 1.44 bits per heavy atom. The van der Waals surface area contributed by atoms with E-state index in [9.17, 15) is 18.0 Å². The Kier molecular flexibility index (Phi) is 12.5. The third-order valence-electron chi connectivity index (χ3n) is 7.46. The van der Waals surface area contributed by atoms with Gasteiger partial charge in [-0.1, -0.05) is 44.2 Å². The third-order valence-corrected chi connectivity index (χ3v) is 9.21. The van der Waals surface area contributed by atoms with Crippen molar-refractivity contribution >= 4 is 27.5 Å². The summed E-state index contributed by atoms with van der Waals surface area (Å²) in [6, 6.07) is 17.1. The Morgan fingerprint density at radius 1 is 0.800 bits per heavy atom. The standard InChI is InChI=1S/C33H43N3O8S/c1-8-23(3)34-33(38)27(9-2)35(21-24-13-11-10-12-14-24)32(37)22-36(28-19-25(41-4)15-17-29(28)42-5)45(39,40)26-16-18-30(43-6)31(20-26)44-7/h10-20,23,27H,8-9,21-22H2,1-7H3,(H,34,38)/t23-,27-/m0/s1. The van der Waals surface area contributed by atoms with E-state index in [0.717, 1.165) is 9.87 Å². The number of anilines is 1. The van der Waals surface area contributed by atoms with Crippen molar-refractivity contribution in [3.63, 3.8) is 0 Å². The molecule has 12 heteroatoms. The lowest BCUT2D eigenvalue weighted by Crippen LogP contribution is -2.53. The molecule has 0 saturated carbocycles. The maximum Gasteiger partial charge on any atom is 0.265 e. The highest BCUT2D eigenvalue weighted by atomic mass is 32.2. The first-order chi connectivity index (χ1) is 21.5. The van der Waals surface area contributed by atoms with Gasteiger partial charge in [-0.15, -0.1) is 0 Å². The molecular formula is C33H43N3O8S. The van der Waals surface area contributed by atoms with Gasteiger partial charge in [0.2, 0.25) is 11.8 Å². The second-order valence-corrected chi connectivity index (χ2v) is 12.2. The fourth-order valence-electron chi connectivity index (χ4n) is 4.75. The SMILES string of the molecule is CC[C@H](C)NC(=O)[C@H](CC)N(Cc1ccccc1)C(=O)CN(c1cc(OC)ccc1OC)S(=O)(=O)c1ccc(OC)c(OC)c1. The van der Waals surface area contributed by atoms with Crippen LogP contribution in [0.2, 0.25) is 0 Å². The van der Waals surface area contributed by atoms with Crippen LogP contribution in [0, 0.1) is 0 Å². The van der Waals surface area contributed by atoms with Gasteiger partial charge in [-0.3, -0.25) is 13.9 Å². The van der Waals surface area contributed by atoms with Crippen LogP contribution < -0.4 is 28.6 Å². The molecule has 3 aromatic carbocycles. The lowest BCUT2D eigenvalue weighted by atomic mass is 10.1. The number of ether oxygens (including phenoxy) is 4. The van der Waals surface area contributed by atoms with Crippen LogP contribution in [-0.2, 0) is 26.2 Å². The number of nitrogens with one attached hydrogen (secondary N) is 1. The van der Waals surface area contributed by atoms with Gasteiger partial charge in [0.1, 0.15) is 24.1 Å². The highest BCUT2D eigenvalue weighted by Crippen LogP contribution is 2.38. The molecule has 0 aromatic heterocycles. The number of hydrogen-bond donors (Lipinski definition) is 1. The first-order valence-corrected chi connectivity index (χ1v) is 16.1. The second kappa shape index (κ2) is 16.0. The number of rotatable bonds is 16. The van der Waals surface area contributed by atoms with Crippen molar-refractivity contribution in [2.24, 2.45) is 0 Å². The van der Waals surface area contributed by atoms with Crippen LogP contribution in [0.15, 0.2) is 71.6 Å². The molecule has 0 aliphatic carbocycles. The van der Waals surface area contributed by atoms with Crippen molar-refractivity contribution in [2.75, 3.05) is 39.3 Å². The van der Waals surface area contributed by atoms with Gasteiger partial charge in [-0.2, -0.15) is 0 Å². The molecule has 0 fully saturated rings. The summed E-state index contributed by atoms with van der Waals surface area (Å²) in [6.07, 6.45) is 1.02. The average molecular weight is 642 g/mol. The molecule has 45 heavy (non-hydrogen) atoms. The van der Waals surface area contributed by atoms with E-state index in [1.807, 2.05) is 51.1 Å². The molecule has 244 valence electrons. The normalized spacial score (nSPS) is 12.4. The number of carbonyl (C=O) groups is 2. The van der Waals surface area contributed by atoms with Crippen LogP contribution in [0.25, 0.3) is 0 Å². The van der Waals surface area contributed by atoms with E-state index in [1.165, 1.54) is 57.6 Å². The summed E-state index contributed by atoms with van der Waals surface area (Å²) in [5.41, 5.74) is 0.866. The van der Waals surface area contributed by atoms with Crippen LogP contribution in [-0.4, -0.2) is 72.2 Å². The van der Waals surface area contributed by atoms with Gasteiger partial charge in [-0.05, 0) is 49.6 Å². The summed E-state index contributed by atoms with van der Waals surface area (Å²) in [5, 5.41) is 2.97. The van der Waals surface area contributed by atoms with Gasteiger partial charge in [-0.25, -0.2) is 8.42 Å². The van der Waals surface area contributed by atoms with Crippen LogP contribution in [0.4, 0.5) is 5.69 Å². The molecule has 3 aromatic rings. The maximum atomic E-state index is 14.4. The highest BCUT2D eigenvalue weighted by Gasteiger charge is 2.35. The van der Waals surface area contributed by atoms with Gasteiger partial charge in [0.05, 0.1) is 39.0 Å². The molecule has 0 aliphatic rings. The van der Waals surface area contributed by atoms with Crippen LogP contribution >= 0.6 is 0 Å². The highest BCUT2D eigenvalue weighted by molar-refractivity contribution is 7.92. The van der Waals surface area contributed by atoms with E-state index in [1.54, 1.807) is 12.1 Å². The minimum Gasteiger partial charge on any atom is -0.497 e. The van der Waals surface area contributed by atoms with Gasteiger partial charge in [0.15, 0.2) is 11.5 Å². The molecule has 0 saturated heterocycles. The summed E-state index contributed by atoms with van der Waals surface area (Å²) in [5.74, 6) is 0.185. The minimum absolute atomic E-state index is 0.0803. The number of hydrogen-bond acceptors (Lipinski definition) is 8. The van der Waals surface area contributed by atoms with Crippen molar-refractivity contribution in [3.8, 4) is 23.0 Å². The number of amides is 2. The number of nitrogens with zero attached hydrogens (tertiary/aromatic N) is 2. The molecule has 0 heterocycles. The molecule has 0 bridgehead atoms. The van der Waals surface area contributed by atoms with Crippen LogP contribution in [0.1, 0.15) is 39.2 Å². The lowest BCUT2D eigenvalue weighted by Gasteiger charge is -2.34. The van der Waals surface area contributed by atoms with Gasteiger partial charge in [0.25, 0.3) is 10.0 Å². The molecule has 0 unspecified atom stereocenters. The van der Waals surface area contributed by atoms with E-state index >= 15 is 0 Å². The molecule has 0 spiro atoms. The van der Waals surface area contributed by atoms with Crippen LogP contribution in [0.5, 0.6) is 23.0 Å². The predicted molar refractivity (Wildman–Crippen MR) is 173 cm³/mol. The van der Waals surface area contributed by atoms with Gasteiger partial charge < -0.3 is 29.2 Å². The van der Waals surface area contributed by atoms with Crippen molar-refractivity contribution < 1.29 is 37.0 Å². The quantitative estimate of drug-likeness (QED) is 0.240. The molecule has 11 nitrogen and oxygen atoms in total. The summed E-state index contributed by atoms with van der Waals surface area (Å²) >= 11 is 0. The van der Waals surface area contributed by atoms with Crippen molar-refractivity contribution in [1.29, 1.82) is 0 Å². The number of carbonyl (C=O) groups excluding carboxylic acids is 2. The topological polar surface area (TPSA) is 124 Å². The first kappa shape index (κ1) is 35.0. The summed E-state index contributed by atoms with van der Waals surface area (Å²) in [4.78, 5) is 29.1. The zero-order chi connectivity index (χ0) is 33.1. The number of benzene rings is 3. The average Bonchev–Trinajstić information content (AvgIpc) is 3.06. The Hall–Kier alpha value is -4.45. The molecule has 0 aliphatic heterocycles. The molecule has 0 radical (unpaired) electrons. The summed E-state index contributed by atoms with van der Waals surface area (Å²) in [6.45, 7) is 5.11. The predicted octanol–water partition coefficient (Wildman–Crippen LogP) is 4.64. The number of sulfonamides is 1. The fourth-order valence-corrected chi connectivity index (χ4v) is 6.18. The Morgan fingerprint density at radius 3 is 2.02 bits per heavy atom. The van der Waals surface area contributed by atoms with E-state index in [-0.39, 0.29) is 40.6 Å². The van der Waals surface area contributed by atoms with Crippen molar-refractivity contribution in [2.45, 2.75) is 57.1 Å². The second-order valence-electron chi connectivity index (χ2n) is 10.3. The molecule has 3 rings (SSSR count). The van der Waals surface area contributed by atoms with Crippen molar-refractivity contribution in [3.05, 3.63) is 72.3 Å². The molecular weight excluding hydrogens is 598 g/mol. The lowest BCUT2D eigenvalue weighted by molar-refractivity contribution is -0.140. The minimum atomic E-state index is -4.43. The zero-order valence-electron chi connectivity index (χ0n) is 26.9. The molecule has 1 N–H and O–H groups in total. The number of methoxy groups -OCH3 is 4. The van der Waals surface area contributed by atoms with E-state index < -0.39 is 28.5 Å². The van der Waals surface area contributed by atoms with Crippen LogP contribution in [0.3, 0.4) is 0 Å². The zero-order valence-corrected chi connectivity index (χ0v) is 27.7. The smallest absolute Gasteiger partial charge is 0.265 e. The van der Waals surface area contributed by atoms with Gasteiger partial charge in [0, 0.05) is 24.7 Å². The largest absolute Gasteiger partial charge is 0.497 e. The maximum absolute atomic E-state index is 14.4. The Bertz CT molecular complexity index is 1550. The van der Waals surface area contributed by atoms with E-state index in [4.69, 9.17) is 18.9 Å². The third kappa shape index (κ3) is 8.39. The Labute approximate surface area is 266 Å². The summed E-state index contributed by atoms with van der Waals surface area (Å²) < 4.78 is 51.4. The molecule has 2 amide bonds. The fraction of sp³-hybridized carbons (Fsp3) is 0.394. The Balaban J connectivity index is 2.18.